The molecule has 0 unspecified atom stereocenters. The molecule has 0 aromatic carbocycles. The monoisotopic (exact) mass is 269 g/mol. The average molecular weight is 269 g/mol. The minimum atomic E-state index is 0.806. The Hall–Kier alpha value is -0.810. The van der Waals surface area contributed by atoms with Crippen LogP contribution in [0, 0.1) is 0 Å². The molecule has 0 saturated carbocycles. The van der Waals surface area contributed by atoms with Crippen molar-refractivity contribution in [2.45, 2.75) is 38.1 Å². The van der Waals surface area contributed by atoms with Gasteiger partial charge in [0.2, 0.25) is 0 Å². The summed E-state index contributed by atoms with van der Waals surface area (Å²) in [5, 5.41) is 4.32. The van der Waals surface area contributed by atoms with Crippen LogP contribution in [0.25, 0.3) is 0 Å². The van der Waals surface area contributed by atoms with Gasteiger partial charge in [-0.1, -0.05) is 6.92 Å². The summed E-state index contributed by atoms with van der Waals surface area (Å²) >= 11 is 1.77. The number of aryl methyl sites for hydroxylation is 1. The van der Waals surface area contributed by atoms with Crippen molar-refractivity contribution < 1.29 is 4.74 Å². The lowest BCUT2D eigenvalue weighted by Crippen LogP contribution is -2.04. The van der Waals surface area contributed by atoms with Crippen LogP contribution < -0.4 is 5.32 Å². The summed E-state index contributed by atoms with van der Waals surface area (Å²) in [4.78, 5) is 9.07. The summed E-state index contributed by atoms with van der Waals surface area (Å²) in [6.45, 7) is 5.91. The molecule has 18 heavy (non-hydrogen) atoms. The molecule has 0 aliphatic rings. The molecule has 0 fully saturated rings. The lowest BCUT2D eigenvalue weighted by molar-refractivity contribution is 0.200. The highest BCUT2D eigenvalue weighted by atomic mass is 32.2. The largest absolute Gasteiger partial charge is 0.385 e. The maximum atomic E-state index is 5.05. The van der Waals surface area contributed by atoms with Crippen molar-refractivity contribution in [1.82, 2.24) is 9.97 Å². The van der Waals surface area contributed by atoms with Gasteiger partial charge in [0.25, 0.3) is 0 Å². The number of hydrogen-bond donors (Lipinski definition) is 1. The molecule has 102 valence electrons. The maximum Gasteiger partial charge on any atom is 0.132 e. The van der Waals surface area contributed by atoms with Gasteiger partial charge in [0.1, 0.15) is 16.7 Å². The van der Waals surface area contributed by atoms with Crippen LogP contribution in [0.5, 0.6) is 0 Å². The number of nitrogens with zero attached hydrogens (tertiary/aromatic N) is 2. The van der Waals surface area contributed by atoms with Crippen LogP contribution in [0.2, 0.25) is 0 Å². The highest BCUT2D eigenvalue weighted by molar-refractivity contribution is 7.99. The van der Waals surface area contributed by atoms with Crippen LogP contribution in [0.3, 0.4) is 0 Å². The first-order valence-corrected chi connectivity index (χ1v) is 7.52. The first kappa shape index (κ1) is 15.2. The van der Waals surface area contributed by atoms with Crippen molar-refractivity contribution in [2.24, 2.45) is 0 Å². The summed E-state index contributed by atoms with van der Waals surface area (Å²) in [7, 11) is 1.73. The van der Waals surface area contributed by atoms with E-state index in [1.807, 2.05) is 6.07 Å². The zero-order chi connectivity index (χ0) is 13.2. The molecular formula is C13H23N3OS. The average Bonchev–Trinajstić information content (AvgIpc) is 2.35. The van der Waals surface area contributed by atoms with E-state index in [0.29, 0.717) is 0 Å². The van der Waals surface area contributed by atoms with E-state index in [1.165, 1.54) is 0 Å². The molecule has 1 heterocycles. The topological polar surface area (TPSA) is 47.0 Å². The van der Waals surface area contributed by atoms with Crippen molar-refractivity contribution in [1.29, 1.82) is 0 Å². The smallest absolute Gasteiger partial charge is 0.132 e. The van der Waals surface area contributed by atoms with Crippen LogP contribution >= 0.6 is 11.8 Å². The van der Waals surface area contributed by atoms with Crippen molar-refractivity contribution >= 4 is 17.6 Å². The zero-order valence-electron chi connectivity index (χ0n) is 11.5. The molecule has 0 bridgehead atoms. The predicted molar refractivity (Wildman–Crippen MR) is 77.4 cm³/mol. The number of aromatic nitrogens is 2. The zero-order valence-corrected chi connectivity index (χ0v) is 12.3. The molecule has 0 atom stereocenters. The number of thioether (sulfide) groups is 1. The van der Waals surface area contributed by atoms with Gasteiger partial charge in [-0.2, -0.15) is 0 Å². The number of methoxy groups -OCH3 is 1. The predicted octanol–water partition coefficient (Wildman–Crippen LogP) is 2.99. The van der Waals surface area contributed by atoms with Crippen LogP contribution in [0.15, 0.2) is 11.1 Å². The molecule has 0 aliphatic carbocycles. The SMILES string of the molecule is CCCc1nc(NCC)cc(SCCCOC)n1. The van der Waals surface area contributed by atoms with E-state index in [4.69, 9.17) is 4.74 Å². The van der Waals surface area contributed by atoms with Crippen molar-refractivity contribution in [3.8, 4) is 0 Å². The van der Waals surface area contributed by atoms with E-state index >= 15 is 0 Å². The molecule has 0 amide bonds. The van der Waals surface area contributed by atoms with Crippen LogP contribution in [-0.4, -0.2) is 36.0 Å². The van der Waals surface area contributed by atoms with Gasteiger partial charge in [-0.15, -0.1) is 11.8 Å². The number of nitrogens with one attached hydrogen (secondary N) is 1. The molecule has 1 rings (SSSR count). The molecule has 1 aromatic rings. The van der Waals surface area contributed by atoms with Gasteiger partial charge in [0.15, 0.2) is 0 Å². The lowest BCUT2D eigenvalue weighted by Gasteiger charge is -2.08. The van der Waals surface area contributed by atoms with Gasteiger partial charge < -0.3 is 10.1 Å². The van der Waals surface area contributed by atoms with E-state index in [1.54, 1.807) is 18.9 Å². The molecule has 4 nitrogen and oxygen atoms in total. The van der Waals surface area contributed by atoms with E-state index in [0.717, 1.165) is 54.8 Å². The summed E-state index contributed by atoms with van der Waals surface area (Å²) in [6, 6.07) is 2.03. The second kappa shape index (κ2) is 9.16. The Kier molecular flexibility index (Phi) is 7.76. The van der Waals surface area contributed by atoms with E-state index in [2.05, 4.69) is 29.1 Å². The summed E-state index contributed by atoms with van der Waals surface area (Å²) in [6.07, 6.45) is 3.05. The Morgan fingerprint density at radius 2 is 2.17 bits per heavy atom. The van der Waals surface area contributed by atoms with Crippen molar-refractivity contribution in [2.75, 3.05) is 31.3 Å². The highest BCUT2D eigenvalue weighted by Gasteiger charge is 2.04. The number of anilines is 1. The van der Waals surface area contributed by atoms with Crippen LogP contribution in [-0.2, 0) is 11.2 Å². The molecule has 5 heteroatoms. The Balaban J connectivity index is 2.63. The second-order valence-electron chi connectivity index (χ2n) is 3.98. The lowest BCUT2D eigenvalue weighted by atomic mass is 10.3. The highest BCUT2D eigenvalue weighted by Crippen LogP contribution is 2.20. The Labute approximate surface area is 114 Å². The number of rotatable bonds is 9. The number of hydrogen-bond acceptors (Lipinski definition) is 5. The van der Waals surface area contributed by atoms with Crippen molar-refractivity contribution in [3.05, 3.63) is 11.9 Å². The minimum absolute atomic E-state index is 0.806. The quantitative estimate of drug-likeness (QED) is 0.424. The molecule has 0 spiro atoms. The van der Waals surface area contributed by atoms with Gasteiger partial charge in [0.05, 0.1) is 0 Å². The van der Waals surface area contributed by atoms with Gasteiger partial charge in [-0.25, -0.2) is 9.97 Å². The van der Waals surface area contributed by atoms with Crippen LogP contribution in [0.4, 0.5) is 5.82 Å². The van der Waals surface area contributed by atoms with Gasteiger partial charge in [-0.05, 0) is 19.8 Å². The molecule has 0 aliphatic heterocycles. The van der Waals surface area contributed by atoms with E-state index < -0.39 is 0 Å². The summed E-state index contributed by atoms with van der Waals surface area (Å²) < 4.78 is 5.05. The fourth-order valence-corrected chi connectivity index (χ4v) is 2.37. The Bertz CT molecular complexity index is 323. The molecule has 1 aromatic heterocycles. The van der Waals surface area contributed by atoms with E-state index in [-0.39, 0.29) is 0 Å². The fourth-order valence-electron chi connectivity index (χ4n) is 1.53. The van der Waals surface area contributed by atoms with Gasteiger partial charge in [-0.3, -0.25) is 0 Å². The first-order valence-electron chi connectivity index (χ1n) is 6.53. The fraction of sp³-hybridized carbons (Fsp3) is 0.692. The molecule has 0 radical (unpaired) electrons. The molecule has 0 saturated heterocycles. The van der Waals surface area contributed by atoms with E-state index in [9.17, 15) is 0 Å². The maximum absolute atomic E-state index is 5.05. The number of ether oxygens (including phenoxy) is 1. The molecular weight excluding hydrogens is 246 g/mol. The standard InChI is InChI=1S/C13H23N3OS/c1-4-7-11-15-12(14-5-2)10-13(16-11)18-9-6-8-17-3/h10H,4-9H2,1-3H3,(H,14,15,16). The third kappa shape index (κ3) is 5.69. The normalized spacial score (nSPS) is 10.6. The van der Waals surface area contributed by atoms with Crippen molar-refractivity contribution in [3.63, 3.8) is 0 Å². The van der Waals surface area contributed by atoms with Crippen LogP contribution in [0.1, 0.15) is 32.5 Å². The minimum Gasteiger partial charge on any atom is -0.385 e. The summed E-state index contributed by atoms with van der Waals surface area (Å²) in [5.41, 5.74) is 0. The summed E-state index contributed by atoms with van der Waals surface area (Å²) in [5.74, 6) is 2.90. The first-order chi connectivity index (χ1) is 8.80. The Morgan fingerprint density at radius 3 is 2.83 bits per heavy atom. The Morgan fingerprint density at radius 1 is 1.33 bits per heavy atom. The van der Waals surface area contributed by atoms with Gasteiger partial charge >= 0.3 is 0 Å². The van der Waals surface area contributed by atoms with Gasteiger partial charge in [0, 0.05) is 38.5 Å². The third-order valence-corrected chi connectivity index (χ3v) is 3.32. The second-order valence-corrected chi connectivity index (χ2v) is 5.10. The third-order valence-electron chi connectivity index (χ3n) is 2.32. The molecule has 1 N–H and O–H groups in total.